The zero-order valence-electron chi connectivity index (χ0n) is 17.3. The molecule has 0 spiro atoms. The number of fused-ring (bicyclic) bond motifs is 1. The third-order valence-corrected chi connectivity index (χ3v) is 4.67. The molecule has 8 heteroatoms. The van der Waals surface area contributed by atoms with Gasteiger partial charge in [0.05, 0.1) is 12.0 Å². The molecule has 2 heterocycles. The van der Waals surface area contributed by atoms with E-state index in [1.807, 2.05) is 62.8 Å². The van der Waals surface area contributed by atoms with Crippen LogP contribution in [0.5, 0.6) is 0 Å². The molecule has 30 heavy (non-hydrogen) atoms. The molecule has 0 amide bonds. The molecule has 0 saturated heterocycles. The number of carbonyl (C=O) groups excluding carboxylic acids is 1. The van der Waals surface area contributed by atoms with Gasteiger partial charge in [-0.25, -0.2) is 14.6 Å². The molecule has 0 radical (unpaired) electrons. The molecule has 0 atom stereocenters. The second-order valence-corrected chi connectivity index (χ2v) is 7.54. The molecular formula is C22H25N3O5. The number of imidazole rings is 1. The van der Waals surface area contributed by atoms with Crippen molar-refractivity contribution in [2.75, 3.05) is 0 Å². The van der Waals surface area contributed by atoms with Gasteiger partial charge in [0.1, 0.15) is 0 Å². The zero-order chi connectivity index (χ0) is 22.5. The van der Waals surface area contributed by atoms with Crippen molar-refractivity contribution >= 4 is 28.6 Å². The molecule has 8 nitrogen and oxygen atoms in total. The summed E-state index contributed by atoms with van der Waals surface area (Å²) in [5, 5.41) is 16.6. The molecule has 0 saturated carbocycles. The second kappa shape index (κ2) is 9.21. The van der Waals surface area contributed by atoms with E-state index in [-0.39, 0.29) is 5.78 Å². The lowest BCUT2D eigenvalue weighted by molar-refractivity contribution is -0.134. The maximum absolute atomic E-state index is 13.1. The van der Waals surface area contributed by atoms with Crippen LogP contribution in [-0.4, -0.2) is 42.5 Å². The Morgan fingerprint density at radius 1 is 1.13 bits per heavy atom. The number of hydrogen-bond donors (Lipinski definition) is 3. The summed E-state index contributed by atoms with van der Waals surface area (Å²) in [5.74, 6) is -2.36. The van der Waals surface area contributed by atoms with Crippen molar-refractivity contribution < 1.29 is 24.6 Å². The summed E-state index contributed by atoms with van der Waals surface area (Å²) in [6, 6.07) is 8.02. The van der Waals surface area contributed by atoms with Gasteiger partial charge >= 0.3 is 11.9 Å². The first-order valence-corrected chi connectivity index (χ1v) is 9.24. The van der Waals surface area contributed by atoms with Gasteiger partial charge in [0.2, 0.25) is 0 Å². The molecule has 0 aliphatic heterocycles. The van der Waals surface area contributed by atoms with E-state index in [9.17, 15) is 14.4 Å². The summed E-state index contributed by atoms with van der Waals surface area (Å²) in [5.41, 5.74) is 3.36. The van der Waals surface area contributed by atoms with Gasteiger partial charge in [-0.1, -0.05) is 32.0 Å². The number of Topliss-reactive ketones (excluding diaryl/α,β-unsaturated/α-hetero) is 1. The summed E-state index contributed by atoms with van der Waals surface area (Å²) in [6.45, 7) is 5.97. The first kappa shape index (κ1) is 22.6. The Bertz CT molecular complexity index is 1090. The fourth-order valence-electron chi connectivity index (χ4n) is 3.09. The number of hydrogen-bond acceptors (Lipinski definition) is 4. The number of aromatic amines is 1. The molecule has 0 fully saturated rings. The Hall–Kier alpha value is -3.68. The predicted octanol–water partition coefficient (Wildman–Crippen LogP) is 3.37. The smallest absolute Gasteiger partial charge is 0.328 e. The number of benzene rings is 1. The van der Waals surface area contributed by atoms with Gasteiger partial charge in [0.15, 0.2) is 5.78 Å². The summed E-state index contributed by atoms with van der Waals surface area (Å²) >= 11 is 0. The summed E-state index contributed by atoms with van der Waals surface area (Å²) < 4.78 is 2.01. The van der Waals surface area contributed by atoms with Gasteiger partial charge in [-0.05, 0) is 13.0 Å². The number of aromatic nitrogens is 3. The van der Waals surface area contributed by atoms with E-state index < -0.39 is 17.4 Å². The number of nitrogens with one attached hydrogen (secondary N) is 1. The summed E-state index contributed by atoms with van der Waals surface area (Å²) in [6.07, 6.45) is 5.37. The number of carboxylic acids is 2. The van der Waals surface area contributed by atoms with Crippen molar-refractivity contribution in [1.82, 2.24) is 14.5 Å². The highest BCUT2D eigenvalue weighted by atomic mass is 16.4. The van der Waals surface area contributed by atoms with E-state index in [0.29, 0.717) is 18.6 Å². The SMILES string of the molecule is Cc1[nH]cnc1CC(C)(C)C(=O)c1cn(C)c2ccccc12.O=C(O)/C=C\C(=O)O. The Balaban J connectivity index is 0.000000343. The van der Waals surface area contributed by atoms with E-state index in [2.05, 4.69) is 9.97 Å². The first-order valence-electron chi connectivity index (χ1n) is 9.24. The van der Waals surface area contributed by atoms with Crippen LogP contribution in [0.1, 0.15) is 35.6 Å². The Labute approximate surface area is 173 Å². The predicted molar refractivity (Wildman–Crippen MR) is 112 cm³/mol. The highest BCUT2D eigenvalue weighted by Crippen LogP contribution is 2.31. The number of nitrogens with zero attached hydrogens (tertiary/aromatic N) is 2. The molecule has 3 N–H and O–H groups in total. The molecule has 3 rings (SSSR count). The number of ketones is 1. The van der Waals surface area contributed by atoms with E-state index in [1.165, 1.54) is 0 Å². The Morgan fingerprint density at radius 3 is 2.27 bits per heavy atom. The quantitative estimate of drug-likeness (QED) is 0.422. The lowest BCUT2D eigenvalue weighted by atomic mass is 9.80. The van der Waals surface area contributed by atoms with E-state index in [0.717, 1.165) is 27.9 Å². The molecule has 158 valence electrons. The third-order valence-electron chi connectivity index (χ3n) is 4.67. The molecular weight excluding hydrogens is 386 g/mol. The van der Waals surface area contributed by atoms with Gasteiger partial charge in [-0.15, -0.1) is 0 Å². The maximum atomic E-state index is 13.1. The maximum Gasteiger partial charge on any atom is 0.328 e. The number of carbonyl (C=O) groups is 3. The van der Waals surface area contributed by atoms with Crippen LogP contribution in [0.15, 0.2) is 48.9 Å². The van der Waals surface area contributed by atoms with Gasteiger partial charge in [-0.2, -0.15) is 0 Å². The van der Waals surface area contributed by atoms with Crippen molar-refractivity contribution in [1.29, 1.82) is 0 Å². The standard InChI is InChI=1S/C18H21N3O.C4H4O4/c1-12-15(20-11-19-12)9-18(2,3)17(22)14-10-21(4)16-8-6-5-7-13(14)16;5-3(6)1-2-4(7)8/h5-8,10-11H,9H2,1-4H3,(H,19,20);1-2H,(H,5,6)(H,7,8)/b;2-1-. The van der Waals surface area contributed by atoms with Gasteiger partial charge in [0.25, 0.3) is 0 Å². The highest BCUT2D eigenvalue weighted by Gasteiger charge is 2.32. The molecule has 0 aliphatic rings. The number of rotatable bonds is 6. The van der Waals surface area contributed by atoms with Crippen molar-refractivity contribution in [3.05, 3.63) is 65.9 Å². The van der Waals surface area contributed by atoms with Gasteiger partial charge in [-0.3, -0.25) is 4.79 Å². The lowest BCUT2D eigenvalue weighted by Gasteiger charge is -2.22. The third kappa shape index (κ3) is 5.44. The van der Waals surface area contributed by atoms with Crippen LogP contribution >= 0.6 is 0 Å². The molecule has 3 aromatic rings. The van der Waals surface area contributed by atoms with Crippen molar-refractivity contribution in [3.8, 4) is 0 Å². The molecule has 0 unspecified atom stereocenters. The van der Waals surface area contributed by atoms with Crippen LogP contribution in [0.2, 0.25) is 0 Å². The molecule has 1 aromatic carbocycles. The normalized spacial score (nSPS) is 11.3. The number of para-hydroxylation sites is 1. The van der Waals surface area contributed by atoms with Crippen molar-refractivity contribution in [2.24, 2.45) is 12.5 Å². The average molecular weight is 411 g/mol. The summed E-state index contributed by atoms with van der Waals surface area (Å²) in [7, 11) is 1.98. The number of H-pyrrole nitrogens is 1. The fourth-order valence-corrected chi connectivity index (χ4v) is 3.09. The van der Waals surface area contributed by atoms with E-state index in [4.69, 9.17) is 10.2 Å². The Kier molecular flexibility index (Phi) is 6.94. The topological polar surface area (TPSA) is 125 Å². The monoisotopic (exact) mass is 411 g/mol. The van der Waals surface area contributed by atoms with Crippen molar-refractivity contribution in [3.63, 3.8) is 0 Å². The molecule has 0 bridgehead atoms. The minimum atomic E-state index is -1.26. The van der Waals surface area contributed by atoms with Crippen molar-refractivity contribution in [2.45, 2.75) is 27.2 Å². The fraction of sp³-hybridized carbons (Fsp3) is 0.273. The van der Waals surface area contributed by atoms with Crippen LogP contribution in [0.4, 0.5) is 0 Å². The van der Waals surface area contributed by atoms with Crippen LogP contribution in [0.25, 0.3) is 10.9 Å². The largest absolute Gasteiger partial charge is 0.478 e. The van der Waals surface area contributed by atoms with E-state index in [1.54, 1.807) is 6.33 Å². The number of carboxylic acid groups (broad SMARTS) is 2. The van der Waals surface area contributed by atoms with Gasteiger partial charge < -0.3 is 19.8 Å². The average Bonchev–Trinajstić information content (AvgIpc) is 3.23. The number of aryl methyl sites for hydroxylation is 2. The minimum absolute atomic E-state index is 0.159. The van der Waals surface area contributed by atoms with E-state index >= 15 is 0 Å². The Morgan fingerprint density at radius 2 is 1.73 bits per heavy atom. The van der Waals surface area contributed by atoms with Crippen LogP contribution in [-0.2, 0) is 23.1 Å². The molecule has 0 aliphatic carbocycles. The van der Waals surface area contributed by atoms with Crippen LogP contribution < -0.4 is 0 Å². The summed E-state index contributed by atoms with van der Waals surface area (Å²) in [4.78, 5) is 39.6. The lowest BCUT2D eigenvalue weighted by Crippen LogP contribution is -2.27. The first-order chi connectivity index (χ1) is 14.0. The highest BCUT2D eigenvalue weighted by molar-refractivity contribution is 6.10. The number of aliphatic carboxylic acids is 2. The zero-order valence-corrected chi connectivity index (χ0v) is 17.3. The molecule has 2 aromatic heterocycles. The minimum Gasteiger partial charge on any atom is -0.478 e. The van der Waals surface area contributed by atoms with Gasteiger partial charge in [0, 0.05) is 59.4 Å². The second-order valence-electron chi connectivity index (χ2n) is 7.54. The van der Waals surface area contributed by atoms with Crippen LogP contribution in [0, 0.1) is 12.3 Å². The van der Waals surface area contributed by atoms with Crippen LogP contribution in [0.3, 0.4) is 0 Å².